The van der Waals surface area contributed by atoms with E-state index in [4.69, 9.17) is 9.84 Å². The fourth-order valence-corrected chi connectivity index (χ4v) is 1.52. The average Bonchev–Trinajstić information content (AvgIpc) is 2.09. The van der Waals surface area contributed by atoms with Crippen molar-refractivity contribution in [2.24, 2.45) is 0 Å². The van der Waals surface area contributed by atoms with Crippen LogP contribution in [0.5, 0.6) is 0 Å². The Hall–Kier alpha value is -0.160. The van der Waals surface area contributed by atoms with Gasteiger partial charge in [0.2, 0.25) is 0 Å². The highest BCUT2D eigenvalue weighted by Gasteiger charge is 2.30. The maximum absolute atomic E-state index is 9.52. The van der Waals surface area contributed by atoms with E-state index in [0.717, 1.165) is 19.4 Å². The Bertz CT molecular complexity index is 167. The summed E-state index contributed by atoms with van der Waals surface area (Å²) in [6.07, 6.45) is 2.40. The molecule has 1 aliphatic rings. The number of nitrogens with one attached hydrogen (secondary N) is 1. The normalized spacial score (nSPS) is 30.9. The quantitative estimate of drug-likeness (QED) is 0.563. The predicted octanol–water partition coefficient (Wildman–Crippen LogP) is -0.113. The average molecular weight is 203 g/mol. The highest BCUT2D eigenvalue weighted by atomic mass is 16.5. The molecule has 0 heterocycles. The molecule has 1 atom stereocenters. The van der Waals surface area contributed by atoms with Crippen molar-refractivity contribution in [1.82, 2.24) is 5.32 Å². The highest BCUT2D eigenvalue weighted by Crippen LogP contribution is 2.23. The lowest BCUT2D eigenvalue weighted by Gasteiger charge is -2.37. The van der Waals surface area contributed by atoms with E-state index in [1.165, 1.54) is 0 Å². The molecule has 0 aromatic rings. The summed E-state index contributed by atoms with van der Waals surface area (Å²) in [5.41, 5.74) is -1.00. The molecule has 1 aliphatic carbocycles. The minimum atomic E-state index is -1.00. The largest absolute Gasteiger partial charge is 0.393 e. The van der Waals surface area contributed by atoms with E-state index in [9.17, 15) is 5.11 Å². The molecule has 1 rings (SSSR count). The molecule has 14 heavy (non-hydrogen) atoms. The van der Waals surface area contributed by atoms with Gasteiger partial charge < -0.3 is 20.3 Å². The molecule has 0 aromatic heterocycles. The van der Waals surface area contributed by atoms with Gasteiger partial charge in [-0.2, -0.15) is 0 Å². The molecular weight excluding hydrogens is 182 g/mol. The summed E-state index contributed by atoms with van der Waals surface area (Å²) in [5, 5.41) is 21.5. The Morgan fingerprint density at radius 2 is 2.14 bits per heavy atom. The molecule has 4 heteroatoms. The molecule has 1 fully saturated rings. The molecule has 0 radical (unpaired) electrons. The summed E-state index contributed by atoms with van der Waals surface area (Å²) in [4.78, 5) is 0. The van der Waals surface area contributed by atoms with Crippen LogP contribution < -0.4 is 5.32 Å². The van der Waals surface area contributed by atoms with Crippen molar-refractivity contribution < 1.29 is 14.9 Å². The first-order chi connectivity index (χ1) is 6.57. The van der Waals surface area contributed by atoms with Crippen LogP contribution in [0.2, 0.25) is 0 Å². The Morgan fingerprint density at radius 1 is 1.50 bits per heavy atom. The molecule has 3 N–H and O–H groups in total. The Labute approximate surface area is 85.3 Å². The zero-order valence-electron chi connectivity index (χ0n) is 8.99. The first-order valence-corrected chi connectivity index (χ1v) is 5.25. The highest BCUT2D eigenvalue weighted by molar-refractivity contribution is 4.88. The third kappa shape index (κ3) is 3.53. The molecule has 0 aliphatic heterocycles. The van der Waals surface area contributed by atoms with Gasteiger partial charge in [-0.3, -0.25) is 0 Å². The summed E-state index contributed by atoms with van der Waals surface area (Å²) in [6, 6.07) is 0.435. The van der Waals surface area contributed by atoms with Gasteiger partial charge in [0.15, 0.2) is 0 Å². The first kappa shape index (κ1) is 11.9. The van der Waals surface area contributed by atoms with Crippen molar-refractivity contribution in [2.75, 3.05) is 19.8 Å². The maximum atomic E-state index is 9.52. The van der Waals surface area contributed by atoms with E-state index in [-0.39, 0.29) is 6.61 Å². The van der Waals surface area contributed by atoms with Gasteiger partial charge in [0.05, 0.1) is 18.3 Å². The second kappa shape index (κ2) is 5.07. The van der Waals surface area contributed by atoms with Gasteiger partial charge in [-0.15, -0.1) is 0 Å². The number of aliphatic hydroxyl groups excluding tert-OH is 1. The van der Waals surface area contributed by atoms with Crippen LogP contribution in [0.3, 0.4) is 0 Å². The van der Waals surface area contributed by atoms with E-state index in [1.807, 2.05) is 6.92 Å². The van der Waals surface area contributed by atoms with Crippen molar-refractivity contribution in [3.63, 3.8) is 0 Å². The summed E-state index contributed by atoms with van der Waals surface area (Å²) >= 11 is 0. The Kier molecular flexibility index (Phi) is 4.31. The minimum absolute atomic E-state index is 0.207. The van der Waals surface area contributed by atoms with E-state index >= 15 is 0 Å². The zero-order chi connectivity index (χ0) is 10.6. The summed E-state index contributed by atoms with van der Waals surface area (Å²) in [6.45, 7) is 4.62. The van der Waals surface area contributed by atoms with Gasteiger partial charge >= 0.3 is 0 Å². The number of hydrogen-bond donors (Lipinski definition) is 3. The van der Waals surface area contributed by atoms with E-state index < -0.39 is 5.60 Å². The lowest BCUT2D eigenvalue weighted by atomic mass is 9.88. The molecular formula is C10H21NO3. The van der Waals surface area contributed by atoms with Crippen molar-refractivity contribution >= 4 is 0 Å². The molecule has 4 nitrogen and oxygen atoms in total. The van der Waals surface area contributed by atoms with E-state index in [1.54, 1.807) is 6.92 Å². The lowest BCUT2D eigenvalue weighted by Crippen LogP contribution is -2.51. The third-order valence-corrected chi connectivity index (χ3v) is 2.61. The van der Waals surface area contributed by atoms with Crippen LogP contribution in [-0.4, -0.2) is 47.7 Å². The molecule has 0 amide bonds. The maximum Gasteiger partial charge on any atom is 0.0972 e. The second-order valence-electron chi connectivity index (χ2n) is 4.28. The summed E-state index contributed by atoms with van der Waals surface area (Å²) < 4.78 is 5.41. The summed E-state index contributed by atoms with van der Waals surface area (Å²) in [7, 11) is 0. The Balaban J connectivity index is 2.06. The molecule has 1 saturated carbocycles. The van der Waals surface area contributed by atoms with Crippen LogP contribution in [0.1, 0.15) is 26.7 Å². The van der Waals surface area contributed by atoms with Gasteiger partial charge in [0.1, 0.15) is 0 Å². The smallest absolute Gasteiger partial charge is 0.0972 e. The van der Waals surface area contributed by atoms with Crippen LogP contribution in [0.25, 0.3) is 0 Å². The standard InChI is InChI=1S/C10H21NO3/c1-3-14-9-4-8(5-9)11-6-10(2,13)7-12/h8-9,11-13H,3-7H2,1-2H3. The first-order valence-electron chi connectivity index (χ1n) is 5.25. The number of rotatable bonds is 6. The number of aliphatic hydroxyl groups is 2. The molecule has 84 valence electrons. The fourth-order valence-electron chi connectivity index (χ4n) is 1.52. The van der Waals surface area contributed by atoms with Gasteiger partial charge in [0, 0.05) is 19.2 Å². The number of hydrogen-bond acceptors (Lipinski definition) is 4. The van der Waals surface area contributed by atoms with Crippen LogP contribution in [0.15, 0.2) is 0 Å². The van der Waals surface area contributed by atoms with Crippen molar-refractivity contribution in [3.8, 4) is 0 Å². The predicted molar refractivity (Wildman–Crippen MR) is 54.1 cm³/mol. The van der Waals surface area contributed by atoms with Gasteiger partial charge in [-0.25, -0.2) is 0 Å². The molecule has 0 saturated heterocycles. The van der Waals surface area contributed by atoms with Gasteiger partial charge in [-0.05, 0) is 26.7 Å². The van der Waals surface area contributed by atoms with E-state index in [0.29, 0.717) is 18.7 Å². The van der Waals surface area contributed by atoms with Gasteiger partial charge in [0.25, 0.3) is 0 Å². The van der Waals surface area contributed by atoms with Gasteiger partial charge in [-0.1, -0.05) is 0 Å². The third-order valence-electron chi connectivity index (χ3n) is 2.61. The second-order valence-corrected chi connectivity index (χ2v) is 4.28. The SMILES string of the molecule is CCOC1CC(NCC(C)(O)CO)C1. The van der Waals surface area contributed by atoms with Crippen LogP contribution >= 0.6 is 0 Å². The molecule has 0 spiro atoms. The van der Waals surface area contributed by atoms with Crippen LogP contribution in [0, 0.1) is 0 Å². The zero-order valence-corrected chi connectivity index (χ0v) is 8.99. The van der Waals surface area contributed by atoms with Crippen LogP contribution in [-0.2, 0) is 4.74 Å². The molecule has 1 unspecified atom stereocenters. The summed E-state index contributed by atoms with van der Waals surface area (Å²) in [5.74, 6) is 0. The monoisotopic (exact) mass is 203 g/mol. The van der Waals surface area contributed by atoms with Crippen molar-refractivity contribution in [1.29, 1.82) is 0 Å². The fraction of sp³-hybridized carbons (Fsp3) is 1.00. The van der Waals surface area contributed by atoms with E-state index in [2.05, 4.69) is 5.32 Å². The van der Waals surface area contributed by atoms with Crippen LogP contribution in [0.4, 0.5) is 0 Å². The topological polar surface area (TPSA) is 61.7 Å². The van der Waals surface area contributed by atoms with Crippen molar-refractivity contribution in [3.05, 3.63) is 0 Å². The minimum Gasteiger partial charge on any atom is -0.393 e. The number of ether oxygens (including phenoxy) is 1. The molecule has 0 aromatic carbocycles. The Morgan fingerprint density at radius 3 is 2.64 bits per heavy atom. The molecule has 0 bridgehead atoms. The lowest BCUT2D eigenvalue weighted by molar-refractivity contribution is -0.0289. The van der Waals surface area contributed by atoms with Crippen molar-refractivity contribution in [2.45, 2.75) is 44.4 Å².